The zero-order valence-electron chi connectivity index (χ0n) is 5.29. The Labute approximate surface area is 120 Å². The Morgan fingerprint density at radius 2 is 1.50 bits per heavy atom. The highest BCUT2D eigenvalue weighted by molar-refractivity contribution is 9.40. The molecule has 0 amide bonds. The van der Waals surface area contributed by atoms with Gasteiger partial charge in [0.2, 0.25) is 2.14 Å². The minimum Gasteiger partial charge on any atom is -0.460 e. The van der Waals surface area contributed by atoms with Gasteiger partial charge >= 0.3 is 5.97 Å². The molecule has 0 unspecified atom stereocenters. The van der Waals surface area contributed by atoms with Gasteiger partial charge in [-0.1, -0.05) is 47.8 Å². The summed E-state index contributed by atoms with van der Waals surface area (Å²) < 4.78 is 3.27. The third-order valence-corrected chi connectivity index (χ3v) is 2.26. The number of hydrogen-bond acceptors (Lipinski definition) is 2. The van der Waals surface area contributed by atoms with Gasteiger partial charge in [-0.2, -0.15) is 0 Å². The van der Waals surface area contributed by atoms with Crippen molar-refractivity contribution in [3.05, 3.63) is 0 Å². The number of rotatable bonds is 1. The first-order valence-electron chi connectivity index (χ1n) is 2.43. The third-order valence-electron chi connectivity index (χ3n) is 0.598. The Morgan fingerprint density at radius 1 is 1.08 bits per heavy atom. The van der Waals surface area contributed by atoms with E-state index in [0.717, 1.165) is 0 Å². The first kappa shape index (κ1) is 14.3. The quantitative estimate of drug-likeness (QED) is 0.355. The number of alkyl halides is 6. The first-order valence-corrected chi connectivity index (χ1v) is 7.19. The SMILES string of the molecule is O=C(OCC(Br)(Br)Br)C(Br)(Br)Br. The predicted octanol–water partition coefficient (Wildman–Crippen LogP) is 4.21. The molecule has 0 aromatic heterocycles. The van der Waals surface area contributed by atoms with Crippen LogP contribution in [0.4, 0.5) is 0 Å². The van der Waals surface area contributed by atoms with Crippen LogP contribution in [-0.4, -0.2) is 16.9 Å². The van der Waals surface area contributed by atoms with Gasteiger partial charge in [-0.15, -0.1) is 0 Å². The van der Waals surface area contributed by atoms with E-state index in [4.69, 9.17) is 4.74 Å². The molecule has 0 saturated heterocycles. The van der Waals surface area contributed by atoms with Crippen molar-refractivity contribution in [3.63, 3.8) is 0 Å². The molecule has 0 radical (unpaired) electrons. The Morgan fingerprint density at radius 3 is 1.75 bits per heavy atom. The zero-order valence-corrected chi connectivity index (χ0v) is 14.8. The number of halogens is 6. The lowest BCUT2D eigenvalue weighted by atomic mass is 10.8. The molecule has 0 heterocycles. The molecule has 0 rings (SSSR count). The van der Waals surface area contributed by atoms with Gasteiger partial charge in [0, 0.05) is 0 Å². The molecule has 12 heavy (non-hydrogen) atoms. The number of ether oxygens (including phenoxy) is 1. The van der Waals surface area contributed by atoms with Gasteiger partial charge in [-0.25, -0.2) is 4.79 Å². The van der Waals surface area contributed by atoms with Gasteiger partial charge in [0.05, 0.1) is 0 Å². The molecule has 0 saturated carbocycles. The van der Waals surface area contributed by atoms with Crippen molar-refractivity contribution in [2.75, 3.05) is 6.61 Å². The van der Waals surface area contributed by atoms with Crippen LogP contribution >= 0.6 is 95.6 Å². The smallest absolute Gasteiger partial charge is 0.345 e. The molecule has 8 heteroatoms. The molecule has 0 aliphatic rings. The van der Waals surface area contributed by atoms with E-state index in [1.54, 1.807) is 0 Å². The molecule has 0 atom stereocenters. The summed E-state index contributed by atoms with van der Waals surface area (Å²) in [6.45, 7) is 0.149. The number of carbonyl (C=O) groups excluding carboxylic acids is 1. The molecular weight excluding hydrogens is 559 g/mol. The molecule has 0 aromatic rings. The second-order valence-electron chi connectivity index (χ2n) is 1.69. The van der Waals surface area contributed by atoms with E-state index in [2.05, 4.69) is 95.6 Å². The number of hydrogen-bond donors (Lipinski definition) is 0. The van der Waals surface area contributed by atoms with Gasteiger partial charge in [0.25, 0.3) is 0 Å². The minimum absolute atomic E-state index is 0.149. The van der Waals surface area contributed by atoms with Gasteiger partial charge in [0.1, 0.15) is 6.61 Å². The molecule has 0 aromatic carbocycles. The molecule has 2 nitrogen and oxygen atoms in total. The van der Waals surface area contributed by atoms with Crippen LogP contribution in [0, 0.1) is 0 Å². The fourth-order valence-corrected chi connectivity index (χ4v) is 0.916. The van der Waals surface area contributed by atoms with Gasteiger partial charge in [0.15, 0.2) is 2.14 Å². The Balaban J connectivity index is 3.90. The Bertz CT molecular complexity index is 167. The van der Waals surface area contributed by atoms with Crippen molar-refractivity contribution in [1.29, 1.82) is 0 Å². The van der Waals surface area contributed by atoms with Crippen LogP contribution in [0.25, 0.3) is 0 Å². The highest BCUT2D eigenvalue weighted by Gasteiger charge is 2.32. The van der Waals surface area contributed by atoms with E-state index in [0.29, 0.717) is 0 Å². The molecule has 0 bridgehead atoms. The van der Waals surface area contributed by atoms with E-state index in [9.17, 15) is 4.79 Å². The van der Waals surface area contributed by atoms with Crippen molar-refractivity contribution >= 4 is 102 Å². The van der Waals surface area contributed by atoms with Crippen molar-refractivity contribution in [2.24, 2.45) is 0 Å². The second kappa shape index (κ2) is 5.44. The molecular formula is C4H2Br6O2. The van der Waals surface area contributed by atoms with Crippen LogP contribution in [0.15, 0.2) is 0 Å². The summed E-state index contributed by atoms with van der Waals surface area (Å²) in [5, 5.41) is 0. The Kier molecular flexibility index (Phi) is 6.50. The average Bonchev–Trinajstić information content (AvgIpc) is 1.78. The lowest BCUT2D eigenvalue weighted by Gasteiger charge is -2.15. The van der Waals surface area contributed by atoms with Crippen LogP contribution in [0.2, 0.25) is 0 Å². The second-order valence-corrected chi connectivity index (χ2v) is 15.7. The summed E-state index contributed by atoms with van der Waals surface area (Å²) >= 11 is 18.6. The lowest BCUT2D eigenvalue weighted by molar-refractivity contribution is -0.141. The summed E-state index contributed by atoms with van der Waals surface area (Å²) in [6.07, 6.45) is 0. The lowest BCUT2D eigenvalue weighted by Crippen LogP contribution is -2.24. The summed E-state index contributed by atoms with van der Waals surface area (Å²) in [5.41, 5.74) is 0. The molecule has 0 spiro atoms. The molecule has 0 aliphatic carbocycles. The van der Waals surface area contributed by atoms with Crippen LogP contribution in [0.3, 0.4) is 0 Å². The van der Waals surface area contributed by atoms with Crippen molar-refractivity contribution in [2.45, 2.75) is 4.29 Å². The average molecular weight is 561 g/mol. The monoisotopic (exact) mass is 556 g/mol. The topological polar surface area (TPSA) is 26.3 Å². The summed E-state index contributed by atoms with van der Waals surface area (Å²) in [5.74, 6) is -0.467. The molecule has 0 N–H and O–H groups in total. The van der Waals surface area contributed by atoms with Crippen molar-refractivity contribution in [1.82, 2.24) is 0 Å². The standard InChI is InChI=1S/C4H2Br6O2/c5-3(6,7)1-12-2(11)4(8,9)10/h1H2. The zero-order chi connectivity index (χ0) is 9.99. The van der Waals surface area contributed by atoms with E-state index in [-0.39, 0.29) is 6.61 Å². The maximum absolute atomic E-state index is 11.1. The Hall–Kier alpha value is 2.35. The van der Waals surface area contributed by atoms with Crippen LogP contribution in [0.1, 0.15) is 0 Å². The van der Waals surface area contributed by atoms with Crippen molar-refractivity contribution < 1.29 is 9.53 Å². The van der Waals surface area contributed by atoms with Gasteiger partial charge in [-0.3, -0.25) is 0 Å². The number of carbonyl (C=O) groups is 1. The fourth-order valence-electron chi connectivity index (χ4n) is 0.229. The fraction of sp³-hybridized carbons (Fsp3) is 0.750. The van der Waals surface area contributed by atoms with Crippen LogP contribution < -0.4 is 0 Å². The van der Waals surface area contributed by atoms with Gasteiger partial charge in [-0.05, 0) is 47.8 Å². The van der Waals surface area contributed by atoms with Crippen molar-refractivity contribution in [3.8, 4) is 0 Å². The van der Waals surface area contributed by atoms with E-state index in [1.165, 1.54) is 0 Å². The van der Waals surface area contributed by atoms with Crippen LogP contribution in [0.5, 0.6) is 0 Å². The molecule has 0 fully saturated rings. The molecule has 72 valence electrons. The summed E-state index contributed by atoms with van der Waals surface area (Å²) in [6, 6.07) is 0. The highest BCUT2D eigenvalue weighted by atomic mass is 80.0. The maximum atomic E-state index is 11.1. The summed E-state index contributed by atoms with van der Waals surface area (Å²) in [7, 11) is 0. The van der Waals surface area contributed by atoms with Gasteiger partial charge < -0.3 is 4.74 Å². The van der Waals surface area contributed by atoms with E-state index >= 15 is 0 Å². The normalized spacial score (nSPS) is 12.8. The first-order chi connectivity index (χ1) is 5.13. The maximum Gasteiger partial charge on any atom is 0.345 e. The van der Waals surface area contributed by atoms with E-state index in [1.807, 2.05) is 0 Å². The molecule has 0 aliphatic heterocycles. The van der Waals surface area contributed by atoms with Crippen LogP contribution in [-0.2, 0) is 9.53 Å². The summed E-state index contributed by atoms with van der Waals surface area (Å²) in [4.78, 5) is 11.1. The minimum atomic E-state index is -1.01. The largest absolute Gasteiger partial charge is 0.460 e. The van der Waals surface area contributed by atoms with E-state index < -0.39 is 10.3 Å². The third kappa shape index (κ3) is 7.73. The highest BCUT2D eigenvalue weighted by Crippen LogP contribution is 2.37. The predicted molar refractivity (Wildman–Crippen MR) is 70.0 cm³/mol. The number of esters is 1.